The summed E-state index contributed by atoms with van der Waals surface area (Å²) in [6, 6.07) is 5.10. The number of aromatic nitrogens is 1. The van der Waals surface area contributed by atoms with Crippen LogP contribution in [0.3, 0.4) is 0 Å². The van der Waals surface area contributed by atoms with Crippen LogP contribution in [0.2, 0.25) is 0 Å². The molecule has 0 aliphatic rings. The van der Waals surface area contributed by atoms with Crippen LogP contribution in [0.5, 0.6) is 0 Å². The molecule has 2 rings (SSSR count). The third-order valence-electron chi connectivity index (χ3n) is 3.17. The molecular formula is C16H20BrFN2S. The van der Waals surface area contributed by atoms with E-state index in [1.165, 1.54) is 10.9 Å². The molecule has 0 saturated heterocycles. The van der Waals surface area contributed by atoms with E-state index in [0.29, 0.717) is 4.47 Å². The van der Waals surface area contributed by atoms with Crippen LogP contribution in [-0.2, 0) is 5.41 Å². The first-order valence-electron chi connectivity index (χ1n) is 6.88. The van der Waals surface area contributed by atoms with Gasteiger partial charge >= 0.3 is 0 Å². The van der Waals surface area contributed by atoms with Gasteiger partial charge in [-0.1, -0.05) is 20.8 Å². The second kappa shape index (κ2) is 6.05. The summed E-state index contributed by atoms with van der Waals surface area (Å²) in [6.45, 7) is 10.7. The molecular weight excluding hydrogens is 351 g/mol. The number of nitrogens with zero attached hydrogens (tertiary/aromatic N) is 1. The number of hydrogen-bond acceptors (Lipinski definition) is 3. The number of benzene rings is 1. The molecule has 21 heavy (non-hydrogen) atoms. The van der Waals surface area contributed by atoms with Crippen LogP contribution in [0, 0.1) is 12.7 Å². The molecule has 0 amide bonds. The van der Waals surface area contributed by atoms with E-state index in [9.17, 15) is 4.39 Å². The van der Waals surface area contributed by atoms with Gasteiger partial charge in [-0.25, -0.2) is 9.37 Å². The van der Waals surface area contributed by atoms with Gasteiger partial charge in [-0.15, -0.1) is 11.3 Å². The monoisotopic (exact) mass is 370 g/mol. The maximum Gasteiger partial charge on any atom is 0.137 e. The molecule has 1 aromatic carbocycles. The molecule has 0 aliphatic heterocycles. The summed E-state index contributed by atoms with van der Waals surface area (Å²) >= 11 is 4.95. The summed E-state index contributed by atoms with van der Waals surface area (Å²) in [4.78, 5) is 5.91. The molecule has 2 nitrogen and oxygen atoms in total. The lowest BCUT2D eigenvalue weighted by Crippen LogP contribution is -2.10. The molecule has 1 atom stereocenters. The van der Waals surface area contributed by atoms with Crippen molar-refractivity contribution in [3.05, 3.63) is 44.1 Å². The van der Waals surface area contributed by atoms with E-state index in [1.54, 1.807) is 23.5 Å². The van der Waals surface area contributed by atoms with Crippen molar-refractivity contribution in [2.45, 2.75) is 46.1 Å². The lowest BCUT2D eigenvalue weighted by molar-refractivity contribution is 0.584. The fraction of sp³-hybridized carbons (Fsp3) is 0.438. The molecule has 1 aromatic heterocycles. The van der Waals surface area contributed by atoms with Gasteiger partial charge in [0.05, 0.1) is 21.2 Å². The molecule has 0 fully saturated rings. The average molecular weight is 371 g/mol. The third-order valence-corrected chi connectivity index (χ3v) is 5.54. The molecule has 1 unspecified atom stereocenters. The summed E-state index contributed by atoms with van der Waals surface area (Å²) in [5.74, 6) is -0.253. The highest BCUT2D eigenvalue weighted by Crippen LogP contribution is 2.34. The molecule has 0 aliphatic carbocycles. The normalized spacial score (nSPS) is 13.3. The lowest BCUT2D eigenvalue weighted by atomic mass is 9.98. The molecule has 0 spiro atoms. The van der Waals surface area contributed by atoms with Gasteiger partial charge in [-0.3, -0.25) is 0 Å². The van der Waals surface area contributed by atoms with Gasteiger partial charge in [-0.2, -0.15) is 0 Å². The quantitative estimate of drug-likeness (QED) is 0.735. The van der Waals surface area contributed by atoms with Gasteiger partial charge in [0, 0.05) is 16.0 Å². The topological polar surface area (TPSA) is 24.9 Å². The van der Waals surface area contributed by atoms with Crippen molar-refractivity contribution >= 4 is 33.0 Å². The van der Waals surface area contributed by atoms with E-state index in [2.05, 4.69) is 53.9 Å². The molecule has 0 saturated carbocycles. The van der Waals surface area contributed by atoms with Crippen LogP contribution >= 0.6 is 27.3 Å². The van der Waals surface area contributed by atoms with Gasteiger partial charge < -0.3 is 5.32 Å². The summed E-state index contributed by atoms with van der Waals surface area (Å²) in [7, 11) is 0. The number of hydrogen-bond donors (Lipinski definition) is 1. The van der Waals surface area contributed by atoms with E-state index in [1.807, 2.05) is 6.92 Å². The lowest BCUT2D eigenvalue weighted by Gasteiger charge is -2.15. The minimum Gasteiger partial charge on any atom is -0.378 e. The predicted molar refractivity (Wildman–Crippen MR) is 91.7 cm³/mol. The molecule has 1 heterocycles. The number of rotatable bonds is 3. The number of halogens is 2. The molecule has 114 valence electrons. The molecule has 2 aromatic rings. The van der Waals surface area contributed by atoms with Crippen LogP contribution in [0.25, 0.3) is 0 Å². The Morgan fingerprint density at radius 1 is 1.33 bits per heavy atom. The van der Waals surface area contributed by atoms with E-state index in [-0.39, 0.29) is 17.3 Å². The van der Waals surface area contributed by atoms with Gasteiger partial charge in [0.25, 0.3) is 0 Å². The van der Waals surface area contributed by atoms with Crippen molar-refractivity contribution in [3.63, 3.8) is 0 Å². The Morgan fingerprint density at radius 3 is 2.52 bits per heavy atom. The molecule has 1 N–H and O–H groups in total. The fourth-order valence-corrected chi connectivity index (χ4v) is 3.54. The SMILES string of the molecule is Cc1nc(C(C)(C)C)sc1C(C)Nc1ccc(F)c(Br)c1. The first-order chi connectivity index (χ1) is 9.68. The van der Waals surface area contributed by atoms with Crippen LogP contribution in [0.15, 0.2) is 22.7 Å². The van der Waals surface area contributed by atoms with E-state index < -0.39 is 0 Å². The zero-order valence-electron chi connectivity index (χ0n) is 12.9. The number of aryl methyl sites for hydroxylation is 1. The van der Waals surface area contributed by atoms with E-state index >= 15 is 0 Å². The van der Waals surface area contributed by atoms with Gasteiger partial charge in [0.2, 0.25) is 0 Å². The van der Waals surface area contributed by atoms with Crippen LogP contribution < -0.4 is 5.32 Å². The van der Waals surface area contributed by atoms with Crippen molar-refractivity contribution in [1.82, 2.24) is 4.98 Å². The zero-order valence-corrected chi connectivity index (χ0v) is 15.3. The van der Waals surface area contributed by atoms with Crippen molar-refractivity contribution in [2.75, 3.05) is 5.32 Å². The summed E-state index contributed by atoms with van der Waals surface area (Å²) in [6.07, 6.45) is 0. The van der Waals surface area contributed by atoms with Crippen molar-refractivity contribution in [3.8, 4) is 0 Å². The highest BCUT2D eigenvalue weighted by atomic mass is 79.9. The van der Waals surface area contributed by atoms with Crippen molar-refractivity contribution in [1.29, 1.82) is 0 Å². The first-order valence-corrected chi connectivity index (χ1v) is 8.49. The Hall–Kier alpha value is -0.940. The van der Waals surface area contributed by atoms with Gasteiger partial charge in [0.15, 0.2) is 0 Å². The Kier molecular flexibility index (Phi) is 4.73. The first kappa shape index (κ1) is 16.4. The highest BCUT2D eigenvalue weighted by Gasteiger charge is 2.22. The van der Waals surface area contributed by atoms with Crippen molar-refractivity contribution < 1.29 is 4.39 Å². The smallest absolute Gasteiger partial charge is 0.137 e. The van der Waals surface area contributed by atoms with Gasteiger partial charge in [0.1, 0.15) is 5.82 Å². The predicted octanol–water partition coefficient (Wildman–Crippen LogP) is 5.82. The standard InChI is InChI=1S/C16H20BrFN2S/c1-9(19-11-6-7-13(18)12(17)8-11)14-10(2)20-15(21-14)16(3,4)5/h6-9,19H,1-5H3. The number of nitrogens with one attached hydrogen (secondary N) is 1. The minimum absolute atomic E-state index is 0.0618. The second-order valence-corrected chi connectivity index (χ2v) is 8.10. The maximum atomic E-state index is 13.3. The Morgan fingerprint density at radius 2 is 2.00 bits per heavy atom. The van der Waals surface area contributed by atoms with Crippen LogP contribution in [-0.4, -0.2) is 4.98 Å². The Balaban J connectivity index is 2.22. The Labute approximate surface area is 137 Å². The average Bonchev–Trinajstić information content (AvgIpc) is 2.76. The number of thiazole rings is 1. The third kappa shape index (κ3) is 3.83. The minimum atomic E-state index is -0.253. The van der Waals surface area contributed by atoms with Crippen LogP contribution in [0.4, 0.5) is 10.1 Å². The summed E-state index contributed by atoms with van der Waals surface area (Å²) in [5, 5.41) is 4.55. The van der Waals surface area contributed by atoms with E-state index in [0.717, 1.165) is 16.4 Å². The Bertz CT molecular complexity index is 646. The second-order valence-electron chi connectivity index (χ2n) is 6.21. The molecule has 5 heteroatoms. The van der Waals surface area contributed by atoms with Crippen molar-refractivity contribution in [2.24, 2.45) is 0 Å². The highest BCUT2D eigenvalue weighted by molar-refractivity contribution is 9.10. The fourth-order valence-electron chi connectivity index (χ4n) is 2.03. The molecule has 0 radical (unpaired) electrons. The van der Waals surface area contributed by atoms with E-state index in [4.69, 9.17) is 0 Å². The summed E-state index contributed by atoms with van der Waals surface area (Å²) in [5.41, 5.74) is 2.01. The number of anilines is 1. The van der Waals surface area contributed by atoms with Crippen LogP contribution in [0.1, 0.15) is 49.3 Å². The van der Waals surface area contributed by atoms with Gasteiger partial charge in [-0.05, 0) is 48.0 Å². The largest absolute Gasteiger partial charge is 0.378 e. The molecule has 0 bridgehead atoms. The maximum absolute atomic E-state index is 13.3. The zero-order chi connectivity index (χ0) is 15.8. The summed E-state index contributed by atoms with van der Waals surface area (Å²) < 4.78 is 13.7.